The molecule has 0 aliphatic rings. The molecule has 0 fully saturated rings. The lowest BCUT2D eigenvalue weighted by molar-refractivity contribution is 0.102. The van der Waals surface area contributed by atoms with E-state index < -0.39 is 5.91 Å². The number of halogens is 1. The predicted molar refractivity (Wildman–Crippen MR) is 96.9 cm³/mol. The molecule has 0 atom stereocenters. The minimum atomic E-state index is -0.475. The van der Waals surface area contributed by atoms with E-state index in [1.54, 1.807) is 18.5 Å². The number of carbonyl (C=O) groups excluding carboxylic acids is 1. The van der Waals surface area contributed by atoms with Gasteiger partial charge in [0.1, 0.15) is 11.6 Å². The van der Waals surface area contributed by atoms with Crippen LogP contribution in [-0.2, 0) is 0 Å². The summed E-state index contributed by atoms with van der Waals surface area (Å²) in [4.78, 5) is 16.9. The summed E-state index contributed by atoms with van der Waals surface area (Å²) in [5.74, 6) is -0.197. The van der Waals surface area contributed by atoms with Gasteiger partial charge in [-0.15, -0.1) is 0 Å². The second-order valence-corrected chi connectivity index (χ2v) is 6.06. The molecule has 0 spiro atoms. The highest BCUT2D eigenvalue weighted by Gasteiger charge is 2.22. The number of nitrogens with one attached hydrogen (secondary N) is 1. The Bertz CT molecular complexity index is 1160. The van der Waals surface area contributed by atoms with Crippen molar-refractivity contribution in [3.05, 3.63) is 70.7 Å². The standard InChI is InChI=1S/C17H10BrN7O/c18-13-14(23-24-8-4-7-20-16(13)24)17(26)22-15-11(9-19)10-21-25(15)12-5-2-1-3-6-12/h1-8,10H,(H,22,26). The number of hydrogen-bond acceptors (Lipinski definition) is 5. The molecule has 4 rings (SSSR count). The van der Waals surface area contributed by atoms with Gasteiger partial charge in [0, 0.05) is 12.4 Å². The lowest BCUT2D eigenvalue weighted by Crippen LogP contribution is -2.17. The van der Waals surface area contributed by atoms with E-state index in [1.165, 1.54) is 15.4 Å². The minimum absolute atomic E-state index is 0.161. The van der Waals surface area contributed by atoms with E-state index in [2.05, 4.69) is 36.4 Å². The molecule has 3 aromatic heterocycles. The number of anilines is 1. The molecular weight excluding hydrogens is 398 g/mol. The first-order valence-corrected chi connectivity index (χ1v) is 8.32. The molecule has 0 aliphatic carbocycles. The third-order valence-electron chi connectivity index (χ3n) is 3.68. The Labute approximate surface area is 155 Å². The van der Waals surface area contributed by atoms with Crippen molar-refractivity contribution in [3.63, 3.8) is 0 Å². The summed E-state index contributed by atoms with van der Waals surface area (Å²) in [6.07, 6.45) is 4.71. The Morgan fingerprint density at radius 3 is 2.77 bits per heavy atom. The lowest BCUT2D eigenvalue weighted by Gasteiger charge is -2.08. The molecule has 0 saturated heterocycles. The second kappa shape index (κ2) is 6.42. The van der Waals surface area contributed by atoms with Crippen LogP contribution in [0.4, 0.5) is 5.82 Å². The fraction of sp³-hybridized carbons (Fsp3) is 0. The third kappa shape index (κ3) is 2.62. The Morgan fingerprint density at radius 1 is 1.23 bits per heavy atom. The fourth-order valence-corrected chi connectivity index (χ4v) is 3.03. The summed E-state index contributed by atoms with van der Waals surface area (Å²) in [5.41, 5.74) is 1.66. The zero-order valence-corrected chi connectivity index (χ0v) is 14.8. The number of fused-ring (bicyclic) bond motifs is 1. The molecule has 0 aliphatic heterocycles. The summed E-state index contributed by atoms with van der Waals surface area (Å²) in [5, 5.41) is 20.5. The number of rotatable bonds is 3. The molecule has 0 saturated carbocycles. The van der Waals surface area contributed by atoms with Gasteiger partial charge in [0.05, 0.1) is 16.4 Å². The minimum Gasteiger partial charge on any atom is -0.304 e. The highest BCUT2D eigenvalue weighted by Crippen LogP contribution is 2.24. The molecular formula is C17H10BrN7O. The van der Waals surface area contributed by atoms with Crippen LogP contribution in [0.2, 0.25) is 0 Å². The average Bonchev–Trinajstić information content (AvgIpc) is 3.24. The van der Waals surface area contributed by atoms with Crippen LogP contribution in [0, 0.1) is 11.3 Å². The highest BCUT2D eigenvalue weighted by atomic mass is 79.9. The Morgan fingerprint density at radius 2 is 2.04 bits per heavy atom. The van der Waals surface area contributed by atoms with Crippen LogP contribution in [0.1, 0.15) is 16.1 Å². The zero-order chi connectivity index (χ0) is 18.1. The summed E-state index contributed by atoms with van der Waals surface area (Å²) in [6.45, 7) is 0. The average molecular weight is 408 g/mol. The van der Waals surface area contributed by atoms with E-state index >= 15 is 0 Å². The monoisotopic (exact) mass is 407 g/mol. The number of hydrogen-bond donors (Lipinski definition) is 1. The van der Waals surface area contributed by atoms with Crippen molar-refractivity contribution in [1.29, 1.82) is 5.26 Å². The zero-order valence-electron chi connectivity index (χ0n) is 13.2. The summed E-state index contributed by atoms with van der Waals surface area (Å²) in [6, 6.07) is 13.0. The number of amides is 1. The van der Waals surface area contributed by atoms with Crippen molar-refractivity contribution < 1.29 is 4.79 Å². The number of benzene rings is 1. The van der Waals surface area contributed by atoms with E-state index in [-0.39, 0.29) is 17.1 Å². The van der Waals surface area contributed by atoms with Crippen LogP contribution < -0.4 is 5.32 Å². The number of nitrogens with zero attached hydrogens (tertiary/aromatic N) is 6. The van der Waals surface area contributed by atoms with Gasteiger partial charge in [-0.3, -0.25) is 4.79 Å². The summed E-state index contributed by atoms with van der Waals surface area (Å²) in [7, 11) is 0. The molecule has 1 amide bonds. The first-order valence-electron chi connectivity index (χ1n) is 7.53. The van der Waals surface area contributed by atoms with Gasteiger partial charge in [-0.1, -0.05) is 18.2 Å². The molecule has 0 radical (unpaired) electrons. The fourth-order valence-electron chi connectivity index (χ4n) is 2.49. The second-order valence-electron chi connectivity index (χ2n) is 5.27. The maximum Gasteiger partial charge on any atom is 0.278 e. The third-order valence-corrected chi connectivity index (χ3v) is 4.41. The number of para-hydroxylation sites is 1. The molecule has 3 heterocycles. The van der Waals surface area contributed by atoms with E-state index in [4.69, 9.17) is 0 Å². The van der Waals surface area contributed by atoms with E-state index in [0.717, 1.165) is 5.69 Å². The molecule has 0 bridgehead atoms. The first-order chi connectivity index (χ1) is 12.7. The van der Waals surface area contributed by atoms with Gasteiger partial charge in [0.25, 0.3) is 5.91 Å². The largest absolute Gasteiger partial charge is 0.304 e. The van der Waals surface area contributed by atoms with E-state index in [1.807, 2.05) is 36.4 Å². The van der Waals surface area contributed by atoms with Crippen molar-refractivity contribution in [2.24, 2.45) is 0 Å². The van der Waals surface area contributed by atoms with Crippen LogP contribution in [0.15, 0.2) is 59.5 Å². The molecule has 126 valence electrons. The maximum atomic E-state index is 12.8. The van der Waals surface area contributed by atoms with Gasteiger partial charge in [-0.05, 0) is 34.1 Å². The van der Waals surface area contributed by atoms with Crippen LogP contribution in [-0.4, -0.2) is 30.3 Å². The topological polar surface area (TPSA) is 101 Å². The SMILES string of the molecule is N#Cc1cnn(-c2ccccc2)c1NC(=O)c1nn2cccnc2c1Br. The molecule has 4 aromatic rings. The van der Waals surface area contributed by atoms with Crippen molar-refractivity contribution in [2.45, 2.75) is 0 Å². The number of carbonyl (C=O) groups is 1. The smallest absolute Gasteiger partial charge is 0.278 e. The Hall–Kier alpha value is -3.51. The van der Waals surface area contributed by atoms with Crippen LogP contribution in [0.5, 0.6) is 0 Å². The van der Waals surface area contributed by atoms with Gasteiger partial charge in [-0.25, -0.2) is 14.2 Å². The predicted octanol–water partition coefficient (Wildman–Crippen LogP) is 2.80. The molecule has 8 nitrogen and oxygen atoms in total. The Balaban J connectivity index is 1.75. The van der Waals surface area contributed by atoms with Gasteiger partial charge >= 0.3 is 0 Å². The van der Waals surface area contributed by atoms with Gasteiger partial charge in [-0.2, -0.15) is 15.5 Å². The summed E-state index contributed by atoms with van der Waals surface area (Å²) >= 11 is 3.36. The van der Waals surface area contributed by atoms with Crippen molar-refractivity contribution in [2.75, 3.05) is 5.32 Å². The van der Waals surface area contributed by atoms with E-state index in [9.17, 15) is 10.1 Å². The molecule has 0 unspecified atom stereocenters. The quantitative estimate of drug-likeness (QED) is 0.562. The van der Waals surface area contributed by atoms with Gasteiger partial charge < -0.3 is 5.32 Å². The normalized spacial score (nSPS) is 10.6. The first kappa shape index (κ1) is 16.0. The lowest BCUT2D eigenvalue weighted by atomic mass is 10.3. The maximum absolute atomic E-state index is 12.8. The van der Waals surface area contributed by atoms with Crippen LogP contribution in [0.25, 0.3) is 11.3 Å². The van der Waals surface area contributed by atoms with Crippen LogP contribution in [0.3, 0.4) is 0 Å². The van der Waals surface area contributed by atoms with Gasteiger partial charge in [0.2, 0.25) is 0 Å². The molecule has 26 heavy (non-hydrogen) atoms. The number of aromatic nitrogens is 5. The van der Waals surface area contributed by atoms with Crippen molar-refractivity contribution in [1.82, 2.24) is 24.4 Å². The van der Waals surface area contributed by atoms with Crippen LogP contribution >= 0.6 is 15.9 Å². The number of nitriles is 1. The Kier molecular flexibility index (Phi) is 3.95. The molecule has 1 N–H and O–H groups in total. The van der Waals surface area contributed by atoms with Crippen molar-refractivity contribution in [3.8, 4) is 11.8 Å². The molecule has 1 aromatic carbocycles. The van der Waals surface area contributed by atoms with E-state index in [0.29, 0.717) is 10.1 Å². The van der Waals surface area contributed by atoms with Gasteiger partial charge in [0.15, 0.2) is 17.2 Å². The van der Waals surface area contributed by atoms with Crippen molar-refractivity contribution >= 4 is 33.3 Å². The highest BCUT2D eigenvalue weighted by molar-refractivity contribution is 9.10. The molecule has 9 heteroatoms. The summed E-state index contributed by atoms with van der Waals surface area (Å²) < 4.78 is 3.47.